The molecule has 1 saturated heterocycles. The topological polar surface area (TPSA) is 46.2 Å². The summed E-state index contributed by atoms with van der Waals surface area (Å²) in [4.78, 5) is 21.2. The maximum atomic E-state index is 11.2. The molecule has 0 radical (unpaired) electrons. The van der Waals surface area contributed by atoms with Crippen LogP contribution in [-0.2, 0) is 9.59 Å². The molecule has 0 aliphatic carbocycles. The van der Waals surface area contributed by atoms with Crippen LogP contribution in [0.5, 0.6) is 0 Å². The number of aldehydes is 1. The normalized spacial score (nSPS) is 28.6. The fourth-order valence-corrected chi connectivity index (χ4v) is 1.65. The van der Waals surface area contributed by atoms with E-state index < -0.39 is 0 Å². The Hall–Kier alpha value is -0.860. The van der Waals surface area contributed by atoms with E-state index in [1.807, 2.05) is 6.92 Å². The van der Waals surface area contributed by atoms with E-state index in [0.29, 0.717) is 12.5 Å². The minimum Gasteiger partial charge on any atom is -0.353 e. The van der Waals surface area contributed by atoms with Crippen molar-refractivity contribution in [1.29, 1.82) is 0 Å². The average Bonchev–Trinajstić information content (AvgIpc) is 2.31. The van der Waals surface area contributed by atoms with Crippen molar-refractivity contribution in [3.63, 3.8) is 0 Å². The Balaban J connectivity index is 2.23. The SMILES string of the molecule is C[C@@H]1C[C@H](CCCC=O)C(=O)N1. The summed E-state index contributed by atoms with van der Waals surface area (Å²) in [5.74, 6) is 0.313. The second-order valence-electron chi connectivity index (χ2n) is 3.44. The predicted molar refractivity (Wildman–Crippen MR) is 45.6 cm³/mol. The van der Waals surface area contributed by atoms with Crippen LogP contribution in [0.25, 0.3) is 0 Å². The molecule has 1 rings (SSSR count). The van der Waals surface area contributed by atoms with Crippen molar-refractivity contribution in [2.45, 2.75) is 38.6 Å². The molecule has 1 fully saturated rings. The molecule has 1 heterocycles. The highest BCUT2D eigenvalue weighted by molar-refractivity contribution is 5.81. The minimum absolute atomic E-state index is 0.153. The van der Waals surface area contributed by atoms with E-state index in [-0.39, 0.29) is 11.8 Å². The Morgan fingerprint density at radius 1 is 1.67 bits per heavy atom. The number of unbranched alkanes of at least 4 members (excludes halogenated alkanes) is 1. The monoisotopic (exact) mass is 169 g/mol. The average molecular weight is 169 g/mol. The van der Waals surface area contributed by atoms with Gasteiger partial charge in [0.2, 0.25) is 5.91 Å². The molecule has 0 spiro atoms. The van der Waals surface area contributed by atoms with E-state index in [1.165, 1.54) is 0 Å². The zero-order valence-corrected chi connectivity index (χ0v) is 7.38. The first-order valence-corrected chi connectivity index (χ1v) is 4.48. The lowest BCUT2D eigenvalue weighted by Gasteiger charge is -2.03. The summed E-state index contributed by atoms with van der Waals surface area (Å²) in [5.41, 5.74) is 0. The maximum absolute atomic E-state index is 11.2. The van der Waals surface area contributed by atoms with Crippen LogP contribution in [0.2, 0.25) is 0 Å². The zero-order chi connectivity index (χ0) is 8.97. The largest absolute Gasteiger partial charge is 0.353 e. The van der Waals surface area contributed by atoms with Gasteiger partial charge in [0.05, 0.1) is 0 Å². The van der Waals surface area contributed by atoms with Crippen molar-refractivity contribution in [3.8, 4) is 0 Å². The lowest BCUT2D eigenvalue weighted by Crippen LogP contribution is -2.23. The van der Waals surface area contributed by atoms with Crippen LogP contribution in [0.3, 0.4) is 0 Å². The molecule has 0 unspecified atom stereocenters. The number of amides is 1. The van der Waals surface area contributed by atoms with Crippen LogP contribution in [-0.4, -0.2) is 18.2 Å². The van der Waals surface area contributed by atoms with Gasteiger partial charge in [-0.2, -0.15) is 0 Å². The molecule has 0 saturated carbocycles. The fourth-order valence-electron chi connectivity index (χ4n) is 1.65. The second-order valence-corrected chi connectivity index (χ2v) is 3.44. The van der Waals surface area contributed by atoms with Gasteiger partial charge in [-0.05, 0) is 26.2 Å². The standard InChI is InChI=1S/C9H15NO2/c1-7-6-8(9(12)10-7)4-2-3-5-11/h5,7-8H,2-4,6H2,1H3,(H,10,12)/t7-,8+/m1/s1. The van der Waals surface area contributed by atoms with Crippen molar-refractivity contribution >= 4 is 12.2 Å². The lowest BCUT2D eigenvalue weighted by atomic mass is 9.99. The molecule has 1 amide bonds. The van der Waals surface area contributed by atoms with E-state index in [1.54, 1.807) is 0 Å². The zero-order valence-electron chi connectivity index (χ0n) is 7.38. The number of carbonyl (C=O) groups excluding carboxylic acids is 2. The minimum atomic E-state index is 0.153. The van der Waals surface area contributed by atoms with Crippen LogP contribution < -0.4 is 5.32 Å². The maximum Gasteiger partial charge on any atom is 0.223 e. The fraction of sp³-hybridized carbons (Fsp3) is 0.778. The van der Waals surface area contributed by atoms with Crippen molar-refractivity contribution < 1.29 is 9.59 Å². The molecule has 2 atom stereocenters. The Morgan fingerprint density at radius 3 is 2.92 bits per heavy atom. The predicted octanol–water partition coefficient (Wildman–Crippen LogP) is 0.880. The molecule has 1 N–H and O–H groups in total. The number of rotatable bonds is 4. The number of nitrogens with one attached hydrogen (secondary N) is 1. The molecule has 1 aliphatic rings. The van der Waals surface area contributed by atoms with Crippen molar-refractivity contribution in [2.75, 3.05) is 0 Å². The quantitative estimate of drug-likeness (QED) is 0.501. The molecule has 12 heavy (non-hydrogen) atoms. The van der Waals surface area contributed by atoms with E-state index >= 15 is 0 Å². The molecule has 1 aliphatic heterocycles. The summed E-state index contributed by atoms with van der Waals surface area (Å²) in [6.45, 7) is 2.01. The van der Waals surface area contributed by atoms with Crippen LogP contribution in [0.1, 0.15) is 32.6 Å². The lowest BCUT2D eigenvalue weighted by molar-refractivity contribution is -0.122. The van der Waals surface area contributed by atoms with Crippen LogP contribution in [0.15, 0.2) is 0 Å². The molecular weight excluding hydrogens is 154 g/mol. The third kappa shape index (κ3) is 2.32. The Morgan fingerprint density at radius 2 is 2.42 bits per heavy atom. The highest BCUT2D eigenvalue weighted by atomic mass is 16.2. The van der Waals surface area contributed by atoms with Gasteiger partial charge in [-0.1, -0.05) is 0 Å². The number of carbonyl (C=O) groups is 2. The van der Waals surface area contributed by atoms with E-state index in [2.05, 4.69) is 5.32 Å². The Bertz CT molecular complexity index is 179. The van der Waals surface area contributed by atoms with Gasteiger partial charge < -0.3 is 10.1 Å². The van der Waals surface area contributed by atoms with Gasteiger partial charge in [-0.3, -0.25) is 4.79 Å². The van der Waals surface area contributed by atoms with Crippen LogP contribution >= 0.6 is 0 Å². The third-order valence-corrected chi connectivity index (χ3v) is 2.27. The Labute approximate surface area is 72.5 Å². The molecule has 0 aromatic carbocycles. The van der Waals surface area contributed by atoms with Crippen molar-refractivity contribution in [2.24, 2.45) is 5.92 Å². The summed E-state index contributed by atoms with van der Waals surface area (Å²) < 4.78 is 0. The molecule has 3 heteroatoms. The molecule has 0 bridgehead atoms. The first-order valence-electron chi connectivity index (χ1n) is 4.48. The Kier molecular flexibility index (Phi) is 3.26. The van der Waals surface area contributed by atoms with Gasteiger partial charge in [0.15, 0.2) is 0 Å². The van der Waals surface area contributed by atoms with E-state index in [9.17, 15) is 9.59 Å². The van der Waals surface area contributed by atoms with E-state index in [0.717, 1.165) is 25.5 Å². The number of hydrogen-bond donors (Lipinski definition) is 1. The van der Waals surface area contributed by atoms with Gasteiger partial charge in [-0.25, -0.2) is 0 Å². The summed E-state index contributed by atoms with van der Waals surface area (Å²) >= 11 is 0. The van der Waals surface area contributed by atoms with Crippen LogP contribution in [0, 0.1) is 5.92 Å². The van der Waals surface area contributed by atoms with Gasteiger partial charge >= 0.3 is 0 Å². The van der Waals surface area contributed by atoms with Gasteiger partial charge in [0.1, 0.15) is 6.29 Å². The number of hydrogen-bond acceptors (Lipinski definition) is 2. The molecule has 68 valence electrons. The highest BCUT2D eigenvalue weighted by Gasteiger charge is 2.28. The molecular formula is C9H15NO2. The molecule has 0 aromatic heterocycles. The van der Waals surface area contributed by atoms with Crippen molar-refractivity contribution in [1.82, 2.24) is 5.32 Å². The van der Waals surface area contributed by atoms with Gasteiger partial charge in [0, 0.05) is 18.4 Å². The molecule has 3 nitrogen and oxygen atoms in total. The van der Waals surface area contributed by atoms with Gasteiger partial charge in [0.25, 0.3) is 0 Å². The van der Waals surface area contributed by atoms with Crippen LogP contribution in [0.4, 0.5) is 0 Å². The third-order valence-electron chi connectivity index (χ3n) is 2.27. The summed E-state index contributed by atoms with van der Waals surface area (Å²) in [5, 5.41) is 2.87. The summed E-state index contributed by atoms with van der Waals surface area (Å²) in [6.07, 6.45) is 4.12. The highest BCUT2D eigenvalue weighted by Crippen LogP contribution is 2.20. The summed E-state index contributed by atoms with van der Waals surface area (Å²) in [6, 6.07) is 0.318. The molecule has 0 aromatic rings. The summed E-state index contributed by atoms with van der Waals surface area (Å²) in [7, 11) is 0. The van der Waals surface area contributed by atoms with E-state index in [4.69, 9.17) is 0 Å². The van der Waals surface area contributed by atoms with Crippen molar-refractivity contribution in [3.05, 3.63) is 0 Å². The second kappa shape index (κ2) is 4.24. The smallest absolute Gasteiger partial charge is 0.223 e. The first kappa shape index (κ1) is 9.23. The van der Waals surface area contributed by atoms with Gasteiger partial charge in [-0.15, -0.1) is 0 Å². The first-order chi connectivity index (χ1) is 5.74.